The molecule has 0 atom stereocenters. The number of methoxy groups -OCH3 is 1. The Morgan fingerprint density at radius 2 is 1.86 bits per heavy atom. The van der Waals surface area contributed by atoms with Crippen LogP contribution in [0.15, 0.2) is 65.4 Å². The number of hydrogen-bond acceptors (Lipinski definition) is 8. The number of esters is 1. The summed E-state index contributed by atoms with van der Waals surface area (Å²) in [5.41, 5.74) is 2.41. The van der Waals surface area contributed by atoms with Crippen LogP contribution in [0.3, 0.4) is 0 Å². The molecule has 11 heteroatoms. The van der Waals surface area contributed by atoms with Crippen LogP contribution in [0, 0.1) is 11.6 Å². The normalized spacial score (nSPS) is 11.1. The quantitative estimate of drug-likeness (QED) is 0.209. The van der Waals surface area contributed by atoms with Crippen molar-refractivity contribution in [3.8, 4) is 39.8 Å². The molecule has 0 bridgehead atoms. The van der Waals surface area contributed by atoms with Crippen LogP contribution in [0.2, 0.25) is 0 Å². The highest BCUT2D eigenvalue weighted by atomic mass is 19.2. The highest BCUT2D eigenvalue weighted by Gasteiger charge is 2.18. The molecule has 0 aliphatic carbocycles. The van der Waals surface area contributed by atoms with Crippen LogP contribution in [0.4, 0.5) is 8.78 Å². The third kappa shape index (κ3) is 5.45. The number of aromatic nitrogens is 5. The Bertz CT molecular complexity index is 1500. The molecule has 5 rings (SSSR count). The molecule has 0 N–H and O–H groups in total. The lowest BCUT2D eigenvalue weighted by molar-refractivity contribution is -0.140. The minimum atomic E-state index is -0.994. The van der Waals surface area contributed by atoms with E-state index in [4.69, 9.17) is 9.26 Å². The zero-order chi connectivity index (χ0) is 25.8. The summed E-state index contributed by atoms with van der Waals surface area (Å²) in [7, 11) is 1.36. The van der Waals surface area contributed by atoms with Gasteiger partial charge in [-0.05, 0) is 42.8 Å². The zero-order valence-electron chi connectivity index (χ0n) is 19.7. The summed E-state index contributed by atoms with van der Waals surface area (Å²) < 4.78 is 45.0. The molecule has 0 amide bonds. The standard InChI is InChI=1S/C26H21F2N5O4/c1-35-24(34)6-3-11-36-17-9-7-16(8-10-17)21-12-18(37-32-21)14-33-15-23-22(13-29-33)30-26(31-23)19-4-2-5-20(27)25(19)28/h2,4-5,7-10,12-13,15H,3,6,11,14H2,1H3. The molecule has 188 valence electrons. The van der Waals surface area contributed by atoms with Crippen LogP contribution in [-0.4, -0.2) is 44.6 Å². The highest BCUT2D eigenvalue weighted by Crippen LogP contribution is 2.27. The number of imidazole rings is 1. The molecule has 1 aromatic heterocycles. The summed E-state index contributed by atoms with van der Waals surface area (Å²) in [5.74, 6) is -0.890. The Morgan fingerprint density at radius 1 is 1.05 bits per heavy atom. The lowest BCUT2D eigenvalue weighted by Crippen LogP contribution is -2.04. The predicted octanol–water partition coefficient (Wildman–Crippen LogP) is 4.76. The summed E-state index contributed by atoms with van der Waals surface area (Å²) in [6, 6.07) is 13.0. The fraction of sp³-hybridized carbons (Fsp3) is 0.192. The van der Waals surface area contributed by atoms with Crippen LogP contribution < -0.4 is 4.74 Å². The molecule has 9 nitrogen and oxygen atoms in total. The number of halogens is 2. The second kappa shape index (κ2) is 10.5. The van der Waals surface area contributed by atoms with Crippen molar-refractivity contribution in [3.63, 3.8) is 0 Å². The molecule has 2 aromatic carbocycles. The average Bonchev–Trinajstić information content (AvgIpc) is 3.55. The van der Waals surface area contributed by atoms with Crippen molar-refractivity contribution in [3.05, 3.63) is 78.3 Å². The molecular weight excluding hydrogens is 484 g/mol. The van der Waals surface area contributed by atoms with Crippen molar-refractivity contribution in [1.82, 2.24) is 24.9 Å². The molecule has 2 aliphatic rings. The van der Waals surface area contributed by atoms with E-state index in [0.717, 1.165) is 11.6 Å². The van der Waals surface area contributed by atoms with Gasteiger partial charge in [0.05, 0.1) is 31.7 Å². The highest BCUT2D eigenvalue weighted by molar-refractivity contribution is 5.69. The molecule has 3 aromatic rings. The van der Waals surface area contributed by atoms with Crippen molar-refractivity contribution in [2.75, 3.05) is 13.7 Å². The largest absolute Gasteiger partial charge is 0.494 e. The fourth-order valence-corrected chi connectivity index (χ4v) is 3.66. The van der Waals surface area contributed by atoms with E-state index >= 15 is 0 Å². The van der Waals surface area contributed by atoms with Gasteiger partial charge < -0.3 is 14.0 Å². The summed E-state index contributed by atoms with van der Waals surface area (Å²) in [5, 5.41) is 8.43. The summed E-state index contributed by atoms with van der Waals surface area (Å²) in [4.78, 5) is 19.7. The van der Waals surface area contributed by atoms with Crippen molar-refractivity contribution in [2.24, 2.45) is 0 Å². The summed E-state index contributed by atoms with van der Waals surface area (Å²) in [6.45, 7) is 0.685. The van der Waals surface area contributed by atoms with Gasteiger partial charge in [-0.1, -0.05) is 11.2 Å². The Balaban J connectivity index is 1.24. The van der Waals surface area contributed by atoms with E-state index in [2.05, 4.69) is 25.0 Å². The monoisotopic (exact) mass is 505 g/mol. The van der Waals surface area contributed by atoms with E-state index < -0.39 is 11.6 Å². The number of benzene rings is 2. The van der Waals surface area contributed by atoms with Crippen LogP contribution in [0.5, 0.6) is 5.75 Å². The van der Waals surface area contributed by atoms with Crippen molar-refractivity contribution < 1.29 is 27.6 Å². The zero-order valence-corrected chi connectivity index (χ0v) is 19.7. The van der Waals surface area contributed by atoms with Gasteiger partial charge in [0, 0.05) is 18.1 Å². The van der Waals surface area contributed by atoms with Crippen LogP contribution in [0.25, 0.3) is 34.0 Å². The smallest absolute Gasteiger partial charge is 0.305 e. The number of nitrogens with zero attached hydrogens (tertiary/aromatic N) is 5. The molecular formula is C26H21F2N5O4. The lowest BCUT2D eigenvalue weighted by atomic mass is 10.1. The molecule has 0 radical (unpaired) electrons. The number of ether oxygens (including phenoxy) is 2. The maximum atomic E-state index is 14.1. The van der Waals surface area contributed by atoms with E-state index in [1.54, 1.807) is 16.9 Å². The molecule has 37 heavy (non-hydrogen) atoms. The first-order valence-electron chi connectivity index (χ1n) is 11.4. The second-order valence-corrected chi connectivity index (χ2v) is 8.12. The number of rotatable bonds is 9. The molecule has 3 heterocycles. The summed E-state index contributed by atoms with van der Waals surface area (Å²) >= 11 is 0. The first kappa shape index (κ1) is 24.0. The van der Waals surface area contributed by atoms with Gasteiger partial charge in [-0.2, -0.15) is 5.10 Å². The number of carbonyl (C=O) groups excluding carboxylic acids is 1. The minimum absolute atomic E-state index is 0.0137. The van der Waals surface area contributed by atoms with Crippen LogP contribution in [-0.2, 0) is 16.1 Å². The van der Waals surface area contributed by atoms with Gasteiger partial charge >= 0.3 is 5.97 Å². The van der Waals surface area contributed by atoms with Crippen molar-refractivity contribution >= 4 is 5.97 Å². The SMILES string of the molecule is COC(=O)CCCOc1ccc(-c2cc(Cn3cc4nc(-c5cccc(F)c5F)nc-4cn3)on2)cc1. The van der Waals surface area contributed by atoms with Crippen molar-refractivity contribution in [2.45, 2.75) is 19.4 Å². The maximum Gasteiger partial charge on any atom is 0.305 e. The van der Waals surface area contributed by atoms with Gasteiger partial charge in [-0.3, -0.25) is 9.48 Å². The predicted molar refractivity (Wildman–Crippen MR) is 128 cm³/mol. The van der Waals surface area contributed by atoms with Crippen LogP contribution in [0.1, 0.15) is 18.6 Å². The average molecular weight is 505 g/mol. The Kier molecular flexibility index (Phi) is 6.84. The second-order valence-electron chi connectivity index (χ2n) is 8.12. The fourth-order valence-electron chi connectivity index (χ4n) is 3.66. The van der Waals surface area contributed by atoms with E-state index in [0.29, 0.717) is 48.0 Å². The van der Waals surface area contributed by atoms with Gasteiger partial charge in [0.2, 0.25) is 0 Å². The van der Waals surface area contributed by atoms with Gasteiger partial charge in [-0.15, -0.1) is 0 Å². The van der Waals surface area contributed by atoms with E-state index in [9.17, 15) is 13.6 Å². The lowest BCUT2D eigenvalue weighted by Gasteiger charge is -2.06. The van der Waals surface area contributed by atoms with Crippen LogP contribution >= 0.6 is 0 Å². The van der Waals surface area contributed by atoms with Gasteiger partial charge in [0.25, 0.3) is 0 Å². The summed E-state index contributed by atoms with van der Waals surface area (Å²) in [6.07, 6.45) is 4.03. The Hall–Kier alpha value is -4.67. The number of carbonyl (C=O) groups is 1. The number of fused-ring (bicyclic) bond motifs is 1. The molecule has 0 saturated heterocycles. The molecule has 0 saturated carbocycles. The maximum absolute atomic E-state index is 14.1. The Morgan fingerprint density at radius 3 is 2.68 bits per heavy atom. The van der Waals surface area contributed by atoms with E-state index in [1.165, 1.54) is 25.4 Å². The Labute approximate surface area is 210 Å². The minimum Gasteiger partial charge on any atom is -0.494 e. The molecule has 0 unspecified atom stereocenters. The van der Waals surface area contributed by atoms with Gasteiger partial charge in [-0.25, -0.2) is 18.7 Å². The number of hydrogen-bond donors (Lipinski definition) is 0. The molecule has 2 aliphatic heterocycles. The topological polar surface area (TPSA) is 105 Å². The molecule has 0 fully saturated rings. The first-order valence-corrected chi connectivity index (χ1v) is 11.4. The molecule has 0 spiro atoms. The van der Waals surface area contributed by atoms with E-state index in [-0.39, 0.29) is 23.9 Å². The van der Waals surface area contributed by atoms with Crippen molar-refractivity contribution in [1.29, 1.82) is 0 Å². The third-order valence-electron chi connectivity index (χ3n) is 5.56. The van der Waals surface area contributed by atoms with E-state index in [1.807, 2.05) is 24.3 Å². The first-order chi connectivity index (χ1) is 18.0. The van der Waals surface area contributed by atoms with Gasteiger partial charge in [0.15, 0.2) is 23.2 Å². The van der Waals surface area contributed by atoms with Gasteiger partial charge in [0.1, 0.15) is 29.4 Å². The third-order valence-corrected chi connectivity index (χ3v) is 5.56.